The average molecular weight is 413 g/mol. The van der Waals surface area contributed by atoms with Crippen molar-refractivity contribution in [1.82, 2.24) is 10.3 Å². The lowest BCUT2D eigenvalue weighted by molar-refractivity contribution is 0.0380. The lowest BCUT2D eigenvalue weighted by atomic mass is 10.2. The number of anilines is 1. The summed E-state index contributed by atoms with van der Waals surface area (Å²) in [5, 5.41) is 3.71. The molecule has 2 heterocycles. The molecule has 1 atom stereocenters. The number of aromatic nitrogens is 1. The Morgan fingerprint density at radius 1 is 1.28 bits per heavy atom. The summed E-state index contributed by atoms with van der Waals surface area (Å²) in [5.41, 5.74) is 1.95. The minimum absolute atomic E-state index is 0.361. The minimum atomic E-state index is -0.458. The summed E-state index contributed by atoms with van der Waals surface area (Å²) in [4.78, 5) is 19.1. The number of thiazole rings is 1. The highest BCUT2D eigenvalue weighted by molar-refractivity contribution is 7.22. The summed E-state index contributed by atoms with van der Waals surface area (Å²) in [7, 11) is 1.62. The summed E-state index contributed by atoms with van der Waals surface area (Å²) in [5.74, 6) is 0.780. The third-order valence-electron chi connectivity index (χ3n) is 4.66. The van der Waals surface area contributed by atoms with Gasteiger partial charge in [0.05, 0.1) is 37.1 Å². The first-order chi connectivity index (χ1) is 14.2. The van der Waals surface area contributed by atoms with Gasteiger partial charge < -0.3 is 24.4 Å². The van der Waals surface area contributed by atoms with E-state index in [2.05, 4.69) is 16.3 Å². The predicted molar refractivity (Wildman–Crippen MR) is 113 cm³/mol. The van der Waals surface area contributed by atoms with Gasteiger partial charge in [0.1, 0.15) is 11.9 Å². The van der Waals surface area contributed by atoms with Gasteiger partial charge in [0.2, 0.25) is 0 Å². The number of rotatable bonds is 5. The summed E-state index contributed by atoms with van der Waals surface area (Å²) >= 11 is 1.64. The summed E-state index contributed by atoms with van der Waals surface area (Å²) < 4.78 is 17.5. The van der Waals surface area contributed by atoms with Gasteiger partial charge in [-0.2, -0.15) is 0 Å². The van der Waals surface area contributed by atoms with Gasteiger partial charge in [-0.05, 0) is 29.8 Å². The molecular formula is C21H23N3O4S. The van der Waals surface area contributed by atoms with Crippen molar-refractivity contribution in [2.75, 3.05) is 38.3 Å². The van der Waals surface area contributed by atoms with Crippen LogP contribution in [0.3, 0.4) is 0 Å². The van der Waals surface area contributed by atoms with E-state index in [-0.39, 0.29) is 6.10 Å². The first-order valence-electron chi connectivity index (χ1n) is 9.47. The molecule has 1 amide bonds. The molecule has 1 aliphatic heterocycles. The molecule has 29 heavy (non-hydrogen) atoms. The average Bonchev–Trinajstić information content (AvgIpc) is 3.05. The maximum atomic E-state index is 12.3. The Kier molecular flexibility index (Phi) is 6.12. The molecule has 0 saturated carbocycles. The molecule has 4 rings (SSSR count). The van der Waals surface area contributed by atoms with E-state index in [1.165, 1.54) is 0 Å². The van der Waals surface area contributed by atoms with Crippen LogP contribution in [0.25, 0.3) is 10.2 Å². The maximum absolute atomic E-state index is 12.3. The Bertz CT molecular complexity index is 927. The Labute approximate surface area is 173 Å². The van der Waals surface area contributed by atoms with E-state index in [1.807, 2.05) is 42.5 Å². The number of carbonyl (C=O) groups is 1. The van der Waals surface area contributed by atoms with Crippen LogP contribution in [0.1, 0.15) is 5.56 Å². The first kappa shape index (κ1) is 19.5. The van der Waals surface area contributed by atoms with Crippen molar-refractivity contribution in [2.24, 2.45) is 0 Å². The molecule has 8 heteroatoms. The highest BCUT2D eigenvalue weighted by Gasteiger charge is 2.24. The molecule has 7 nitrogen and oxygen atoms in total. The Morgan fingerprint density at radius 3 is 2.90 bits per heavy atom. The molecule has 3 aromatic rings. The number of para-hydroxylation sites is 1. The number of methoxy groups -OCH3 is 1. The number of hydrogen-bond donors (Lipinski definition) is 1. The second-order valence-corrected chi connectivity index (χ2v) is 7.72. The molecule has 1 fully saturated rings. The maximum Gasteiger partial charge on any atom is 0.407 e. The van der Waals surface area contributed by atoms with Crippen molar-refractivity contribution in [3.63, 3.8) is 0 Å². The van der Waals surface area contributed by atoms with E-state index < -0.39 is 6.09 Å². The van der Waals surface area contributed by atoms with Gasteiger partial charge in [-0.25, -0.2) is 9.78 Å². The predicted octanol–water partition coefficient (Wildman–Crippen LogP) is 3.44. The van der Waals surface area contributed by atoms with Crippen LogP contribution in [-0.2, 0) is 16.0 Å². The van der Waals surface area contributed by atoms with Crippen molar-refractivity contribution >= 4 is 32.8 Å². The number of ether oxygens (including phenoxy) is 3. The number of alkyl carbamates (subject to hydrolysis) is 1. The van der Waals surface area contributed by atoms with Crippen LogP contribution >= 0.6 is 11.3 Å². The third kappa shape index (κ3) is 4.96. The highest BCUT2D eigenvalue weighted by atomic mass is 32.1. The van der Waals surface area contributed by atoms with Crippen molar-refractivity contribution in [3.8, 4) is 5.75 Å². The molecule has 1 saturated heterocycles. The van der Waals surface area contributed by atoms with Crippen LogP contribution in [-0.4, -0.2) is 50.6 Å². The molecule has 1 aliphatic rings. The van der Waals surface area contributed by atoms with Crippen LogP contribution in [0, 0.1) is 0 Å². The molecule has 0 spiro atoms. The number of nitrogens with zero attached hydrogens (tertiary/aromatic N) is 2. The molecule has 0 aliphatic carbocycles. The second kappa shape index (κ2) is 9.11. The molecule has 1 aromatic heterocycles. The first-order valence-corrected chi connectivity index (χ1v) is 10.3. The fraction of sp³-hybridized carbons (Fsp3) is 0.333. The Hall–Kier alpha value is -2.84. The van der Waals surface area contributed by atoms with Gasteiger partial charge in [0.25, 0.3) is 0 Å². The number of fused-ring (bicyclic) bond motifs is 1. The number of carbonyl (C=O) groups excluding carboxylic acids is 1. The monoisotopic (exact) mass is 413 g/mol. The van der Waals surface area contributed by atoms with Gasteiger partial charge >= 0.3 is 6.09 Å². The van der Waals surface area contributed by atoms with Crippen LogP contribution in [0.15, 0.2) is 48.5 Å². The number of nitrogens with one attached hydrogen (secondary N) is 1. The summed E-state index contributed by atoms with van der Waals surface area (Å²) in [6, 6.07) is 15.6. The lowest BCUT2D eigenvalue weighted by Gasteiger charge is -2.22. The lowest BCUT2D eigenvalue weighted by Crippen LogP contribution is -2.38. The summed E-state index contributed by atoms with van der Waals surface area (Å²) in [6.07, 6.45) is -0.819. The zero-order chi connectivity index (χ0) is 20.1. The topological polar surface area (TPSA) is 72.9 Å². The van der Waals surface area contributed by atoms with Gasteiger partial charge in [0, 0.05) is 13.1 Å². The fourth-order valence-corrected chi connectivity index (χ4v) is 4.13. The van der Waals surface area contributed by atoms with E-state index >= 15 is 0 Å². The van der Waals surface area contributed by atoms with Crippen molar-refractivity contribution in [3.05, 3.63) is 54.1 Å². The Morgan fingerprint density at radius 2 is 2.10 bits per heavy atom. The van der Waals surface area contributed by atoms with Gasteiger partial charge in [-0.1, -0.05) is 35.6 Å². The molecule has 0 bridgehead atoms. The van der Waals surface area contributed by atoms with E-state index in [4.69, 9.17) is 19.2 Å². The number of hydrogen-bond acceptors (Lipinski definition) is 7. The van der Waals surface area contributed by atoms with Crippen molar-refractivity contribution < 1.29 is 19.0 Å². The second-order valence-electron chi connectivity index (χ2n) is 6.71. The van der Waals surface area contributed by atoms with E-state index in [0.717, 1.165) is 26.7 Å². The van der Waals surface area contributed by atoms with E-state index in [1.54, 1.807) is 18.4 Å². The molecule has 152 valence electrons. The SMILES string of the molecule is COc1ccc(CNC(=O)O[C@H]2COCCN(c3nc4ccccc4s3)C2)cc1. The zero-order valence-electron chi connectivity index (χ0n) is 16.2. The normalized spacial score (nSPS) is 17.0. The molecule has 2 aromatic carbocycles. The van der Waals surface area contributed by atoms with Crippen LogP contribution in [0.2, 0.25) is 0 Å². The largest absolute Gasteiger partial charge is 0.497 e. The third-order valence-corrected chi connectivity index (χ3v) is 5.75. The number of amides is 1. The van der Waals surface area contributed by atoms with Crippen LogP contribution < -0.4 is 15.0 Å². The smallest absolute Gasteiger partial charge is 0.407 e. The van der Waals surface area contributed by atoms with Gasteiger partial charge in [-0.15, -0.1) is 0 Å². The zero-order valence-corrected chi connectivity index (χ0v) is 17.0. The van der Waals surface area contributed by atoms with E-state index in [0.29, 0.717) is 32.8 Å². The van der Waals surface area contributed by atoms with Crippen LogP contribution in [0.5, 0.6) is 5.75 Å². The van der Waals surface area contributed by atoms with Crippen LogP contribution in [0.4, 0.5) is 9.93 Å². The fourth-order valence-electron chi connectivity index (χ4n) is 3.13. The minimum Gasteiger partial charge on any atom is -0.497 e. The quantitative estimate of drug-likeness (QED) is 0.691. The molecular weight excluding hydrogens is 390 g/mol. The summed E-state index contributed by atoms with van der Waals surface area (Å²) in [6.45, 7) is 2.60. The van der Waals surface area contributed by atoms with E-state index in [9.17, 15) is 4.79 Å². The highest BCUT2D eigenvalue weighted by Crippen LogP contribution is 2.29. The number of benzene rings is 2. The van der Waals surface area contributed by atoms with Gasteiger partial charge in [0.15, 0.2) is 5.13 Å². The Balaban J connectivity index is 1.34. The molecule has 1 N–H and O–H groups in total. The van der Waals surface area contributed by atoms with Gasteiger partial charge in [-0.3, -0.25) is 0 Å². The molecule has 0 radical (unpaired) electrons. The van der Waals surface area contributed by atoms with Crippen molar-refractivity contribution in [1.29, 1.82) is 0 Å². The van der Waals surface area contributed by atoms with Crippen molar-refractivity contribution in [2.45, 2.75) is 12.6 Å². The molecule has 0 unspecified atom stereocenters. The standard InChI is InChI=1S/C21H23N3O4S/c1-26-16-8-6-15(7-9-16)12-22-21(25)28-17-13-24(10-11-27-14-17)20-23-18-4-2-3-5-19(18)29-20/h2-9,17H,10-14H2,1H3,(H,22,25)/t17-/m1/s1.